The van der Waals surface area contributed by atoms with Gasteiger partial charge in [-0.1, -0.05) is 0 Å². The number of hydrogen-bond donors (Lipinski definition) is 0. The van der Waals surface area contributed by atoms with E-state index >= 15 is 0 Å². The van der Waals surface area contributed by atoms with Crippen molar-refractivity contribution >= 4 is 23.5 Å². The molecule has 0 aromatic heterocycles. The van der Waals surface area contributed by atoms with Gasteiger partial charge in [-0.3, -0.25) is 25.0 Å². The lowest BCUT2D eigenvalue weighted by Crippen LogP contribution is -2.16. The van der Waals surface area contributed by atoms with Gasteiger partial charge in [0.05, 0.1) is 426 Å². The van der Waals surface area contributed by atoms with E-state index in [-0.39, 0.29) is 49.1 Å². The first-order valence-electron chi connectivity index (χ1n) is 40.8. The molecule has 2 rings (SSSR count). The van der Waals surface area contributed by atoms with Gasteiger partial charge in [0.25, 0.3) is 11.4 Å². The van der Waals surface area contributed by atoms with E-state index in [0.29, 0.717) is 396 Å². The van der Waals surface area contributed by atoms with Crippen LogP contribution in [0.3, 0.4) is 0 Å². The fraction of sp³-hybridized carbons (Fsp3) is 0.821. The molecule has 0 amide bonds. The first-order valence-corrected chi connectivity index (χ1v) is 40.8. The van der Waals surface area contributed by atoms with Crippen molar-refractivity contribution in [1.29, 1.82) is 0 Å². The molecule has 120 heavy (non-hydrogen) atoms. The molecule has 0 N–H and O–H groups in total. The minimum Gasteiger partial charge on any atom is -0.432 e. The zero-order valence-corrected chi connectivity index (χ0v) is 70.1. The molecule has 42 nitrogen and oxygen atoms in total. The topological polar surface area (TPSA) is 434 Å². The molecule has 0 atom stereocenters. The monoisotopic (exact) mass is 1740 g/mol. The molecular formula is C78H136N2O40. The highest BCUT2D eigenvalue weighted by molar-refractivity contribution is 5.72. The van der Waals surface area contributed by atoms with Crippen molar-refractivity contribution < 1.29 is 180 Å². The highest BCUT2D eigenvalue weighted by Crippen LogP contribution is 2.19. The Hall–Kier alpha value is -5.26. The van der Waals surface area contributed by atoms with Crippen molar-refractivity contribution in [2.24, 2.45) is 0 Å². The van der Waals surface area contributed by atoms with Crippen molar-refractivity contribution in [3.63, 3.8) is 0 Å². The summed E-state index contributed by atoms with van der Waals surface area (Å²) in [7, 11) is 0. The fourth-order valence-electron chi connectivity index (χ4n) is 8.62. The molecule has 0 saturated carbocycles. The Balaban J connectivity index is 1.08. The molecule has 0 aliphatic heterocycles. The third-order valence-electron chi connectivity index (χ3n) is 14.6. The number of non-ortho nitro benzene ring substituents is 2. The first kappa shape index (κ1) is 111. The predicted octanol–water partition coefficient (Wildman–Crippen LogP) is 3.53. The Bertz CT molecular complexity index is 2320. The van der Waals surface area contributed by atoms with Crippen molar-refractivity contribution in [3.8, 4) is 11.5 Å². The SMILES string of the molecule is O=C(CCOCCOCCOCCOCCOCCOCCOCCOCCOCCOCCOCCOCCOCCOCCOCCOCCOCCOCCOCCOCCOCCOCCOCCOCCOCCOCCOCCOCCOCCOCCOCCOC(=O)Oc1ccc([N+](=O)[O-])cc1)Oc1ccc([N+](=O)[O-])cc1. The van der Waals surface area contributed by atoms with Gasteiger partial charge in [-0.2, -0.15) is 0 Å². The summed E-state index contributed by atoms with van der Waals surface area (Å²) in [6, 6.07) is 10.3. The van der Waals surface area contributed by atoms with E-state index in [9.17, 15) is 29.8 Å². The average molecular weight is 1740 g/mol. The lowest BCUT2D eigenvalue weighted by Gasteiger charge is -2.09. The van der Waals surface area contributed by atoms with Gasteiger partial charge in [0, 0.05) is 24.3 Å². The van der Waals surface area contributed by atoms with Crippen LogP contribution in [0, 0.1) is 20.2 Å². The van der Waals surface area contributed by atoms with Crippen molar-refractivity contribution in [1.82, 2.24) is 0 Å². The van der Waals surface area contributed by atoms with Crippen LogP contribution >= 0.6 is 0 Å². The molecule has 0 bridgehead atoms. The quantitative estimate of drug-likeness (QED) is 0.0228. The van der Waals surface area contributed by atoms with Gasteiger partial charge in [0.15, 0.2) is 0 Å². The summed E-state index contributed by atoms with van der Waals surface area (Å²) in [6.07, 6.45) is -0.898. The zero-order chi connectivity index (χ0) is 85.6. The molecule has 0 unspecified atom stereocenters. The first-order chi connectivity index (χ1) is 59.3. The number of carbonyl (C=O) groups excluding carboxylic acids is 2. The van der Waals surface area contributed by atoms with E-state index < -0.39 is 22.0 Å². The smallest absolute Gasteiger partial charge is 0.432 e. The van der Waals surface area contributed by atoms with Gasteiger partial charge < -0.3 is 161 Å². The van der Waals surface area contributed by atoms with Crippen LogP contribution in [-0.4, -0.2) is 438 Å². The lowest BCUT2D eigenvalue weighted by atomic mass is 10.3. The molecule has 0 fully saturated rings. The van der Waals surface area contributed by atoms with Crippen LogP contribution in [0.2, 0.25) is 0 Å². The minimum absolute atomic E-state index is 0.0215. The van der Waals surface area contributed by atoms with Crippen molar-refractivity contribution in [2.45, 2.75) is 6.42 Å². The Morgan fingerprint density at radius 3 is 0.450 bits per heavy atom. The van der Waals surface area contributed by atoms with Crippen LogP contribution in [0.25, 0.3) is 0 Å². The van der Waals surface area contributed by atoms with Crippen molar-refractivity contribution in [2.75, 3.05) is 416 Å². The van der Waals surface area contributed by atoms with Gasteiger partial charge >= 0.3 is 12.1 Å². The van der Waals surface area contributed by atoms with Crippen molar-refractivity contribution in [3.05, 3.63) is 68.8 Å². The van der Waals surface area contributed by atoms with E-state index in [1.807, 2.05) is 0 Å². The second-order valence-electron chi connectivity index (χ2n) is 23.9. The van der Waals surface area contributed by atoms with Gasteiger partial charge in [-0.05, 0) is 24.3 Å². The molecule has 0 spiro atoms. The van der Waals surface area contributed by atoms with Crippen LogP contribution in [0.15, 0.2) is 48.5 Å². The molecule has 698 valence electrons. The van der Waals surface area contributed by atoms with E-state index in [0.717, 1.165) is 0 Å². The van der Waals surface area contributed by atoms with E-state index in [1.165, 1.54) is 48.5 Å². The largest absolute Gasteiger partial charge is 0.513 e. The minimum atomic E-state index is -0.937. The maximum Gasteiger partial charge on any atom is 0.513 e. The zero-order valence-electron chi connectivity index (χ0n) is 70.1. The number of nitro groups is 2. The number of esters is 1. The van der Waals surface area contributed by atoms with Gasteiger partial charge in [-0.25, -0.2) is 4.79 Å². The molecule has 0 radical (unpaired) electrons. The van der Waals surface area contributed by atoms with Crippen LogP contribution in [0.5, 0.6) is 11.5 Å². The van der Waals surface area contributed by atoms with E-state index in [4.69, 9.17) is 161 Å². The molecule has 42 heteroatoms. The summed E-state index contributed by atoms with van der Waals surface area (Å²) in [4.78, 5) is 43.9. The standard InChI is InChI=1S/C78H136N2O40/c81-77(119-75-5-1-73(2-6-75)79(83)84)9-10-87-11-12-88-13-14-89-15-16-90-17-18-91-19-20-92-21-22-93-23-24-94-25-26-95-27-28-96-29-30-97-31-32-98-33-34-99-35-36-100-37-38-101-39-40-102-41-42-103-43-44-104-45-46-105-47-48-106-49-50-107-51-52-108-53-54-109-55-56-110-57-58-111-59-60-112-61-62-113-63-64-114-65-66-115-67-68-116-69-70-117-71-72-118-78(82)120-76-7-3-74(4-8-76)80(85)86/h1-8H,9-72H2. The van der Waals surface area contributed by atoms with Crippen LogP contribution in [0.4, 0.5) is 16.2 Å². The maximum atomic E-state index is 11.9. The Labute approximate surface area is 704 Å². The highest BCUT2D eigenvalue weighted by atomic mass is 16.7. The number of carbonyl (C=O) groups is 2. The predicted molar refractivity (Wildman–Crippen MR) is 424 cm³/mol. The Morgan fingerprint density at radius 1 is 0.183 bits per heavy atom. The van der Waals surface area contributed by atoms with Crippen LogP contribution < -0.4 is 9.47 Å². The average Bonchev–Trinajstić information content (AvgIpc) is 0.896. The maximum absolute atomic E-state index is 11.9. The van der Waals surface area contributed by atoms with E-state index in [1.54, 1.807) is 0 Å². The Kier molecular flexibility index (Phi) is 85.8. The fourth-order valence-corrected chi connectivity index (χ4v) is 8.62. The Morgan fingerprint density at radius 2 is 0.308 bits per heavy atom. The third-order valence-corrected chi connectivity index (χ3v) is 14.6. The number of benzene rings is 2. The van der Waals surface area contributed by atoms with Gasteiger partial charge in [0.1, 0.15) is 18.1 Å². The summed E-state index contributed by atoms with van der Waals surface area (Å²) in [5.41, 5.74) is -0.198. The van der Waals surface area contributed by atoms with Crippen LogP contribution in [-0.2, 0) is 156 Å². The lowest BCUT2D eigenvalue weighted by molar-refractivity contribution is -0.385. The molecule has 0 heterocycles. The summed E-state index contributed by atoms with van der Waals surface area (Å²) >= 11 is 0. The van der Waals surface area contributed by atoms with Gasteiger partial charge in [-0.15, -0.1) is 0 Å². The molecule has 2 aromatic rings. The van der Waals surface area contributed by atoms with Gasteiger partial charge in [0.2, 0.25) is 0 Å². The summed E-state index contributed by atoms with van der Waals surface area (Å²) in [5.74, 6) is -0.136. The number of ether oxygens (including phenoxy) is 34. The van der Waals surface area contributed by atoms with E-state index in [2.05, 4.69) is 0 Å². The summed E-state index contributed by atoms with van der Waals surface area (Å²) < 4.78 is 186. The molecular weight excluding hydrogens is 1600 g/mol. The molecule has 0 saturated heterocycles. The second kappa shape index (κ2) is 92.9. The second-order valence-corrected chi connectivity index (χ2v) is 23.9. The number of nitrogens with zero attached hydrogens (tertiary/aromatic N) is 2. The third kappa shape index (κ3) is 83.6. The number of rotatable bonds is 100. The normalized spacial score (nSPS) is 11.5. The number of hydrogen-bond acceptors (Lipinski definition) is 40. The summed E-state index contributed by atoms with van der Waals surface area (Å²) in [5, 5.41) is 21.4. The molecule has 0 aliphatic rings. The van der Waals surface area contributed by atoms with Crippen LogP contribution in [0.1, 0.15) is 6.42 Å². The molecule has 2 aromatic carbocycles. The molecule has 0 aliphatic carbocycles. The highest BCUT2D eigenvalue weighted by Gasteiger charge is 2.12. The number of nitro benzene ring substituents is 2. The summed E-state index contributed by atoms with van der Waals surface area (Å²) in [6.45, 7) is 27.1.